The van der Waals surface area contributed by atoms with Crippen molar-refractivity contribution < 1.29 is 9.53 Å². The van der Waals surface area contributed by atoms with Gasteiger partial charge in [-0.3, -0.25) is 4.90 Å². The number of methoxy groups -OCH3 is 1. The van der Waals surface area contributed by atoms with Gasteiger partial charge in [-0.2, -0.15) is 0 Å². The van der Waals surface area contributed by atoms with Gasteiger partial charge in [-0.1, -0.05) is 25.1 Å². The van der Waals surface area contributed by atoms with E-state index in [1.54, 1.807) is 23.8 Å². The van der Waals surface area contributed by atoms with E-state index in [0.29, 0.717) is 23.2 Å². The van der Waals surface area contributed by atoms with Crippen LogP contribution < -0.4 is 15.0 Å². The van der Waals surface area contributed by atoms with Crippen LogP contribution in [0.3, 0.4) is 0 Å². The average molecular weight is 328 g/mol. The Labute approximate surface area is 140 Å². The average Bonchev–Trinajstić information content (AvgIpc) is 2.54. The lowest BCUT2D eigenvalue weighted by Crippen LogP contribution is -2.41. The molecule has 5 heteroatoms. The number of anilines is 2. The molecule has 23 heavy (non-hydrogen) atoms. The third-order valence-corrected chi connectivity index (χ3v) is 4.92. The molecule has 2 aromatic carbocycles. The Bertz CT molecular complexity index is 733. The van der Waals surface area contributed by atoms with Gasteiger partial charge in [0.15, 0.2) is 0 Å². The van der Waals surface area contributed by atoms with Crippen molar-refractivity contribution in [1.82, 2.24) is 0 Å². The number of hydrogen-bond acceptors (Lipinski definition) is 3. The molecule has 1 aliphatic heterocycles. The zero-order chi connectivity index (χ0) is 16.4. The van der Waals surface area contributed by atoms with Gasteiger partial charge in [-0.15, -0.1) is 11.8 Å². The molecule has 0 saturated carbocycles. The molecule has 0 spiro atoms. The highest BCUT2D eigenvalue weighted by Gasteiger charge is 2.27. The lowest BCUT2D eigenvalue weighted by Gasteiger charge is -2.32. The van der Waals surface area contributed by atoms with Crippen molar-refractivity contribution in [2.45, 2.75) is 24.0 Å². The van der Waals surface area contributed by atoms with Gasteiger partial charge >= 0.3 is 6.03 Å². The first kappa shape index (κ1) is 15.7. The molecule has 0 radical (unpaired) electrons. The minimum absolute atomic E-state index is 0.131. The molecular formula is C18H20N2O2S. The Kier molecular flexibility index (Phi) is 4.48. The SMILES string of the molecule is COc1ccc(C)cc1NC(=O)N1C[C@H](C)Sc2ccccc21. The van der Waals surface area contributed by atoms with Crippen LogP contribution in [0.25, 0.3) is 0 Å². The number of rotatable bonds is 2. The van der Waals surface area contributed by atoms with Gasteiger partial charge in [0, 0.05) is 16.7 Å². The lowest BCUT2D eigenvalue weighted by atomic mass is 10.2. The zero-order valence-electron chi connectivity index (χ0n) is 13.5. The van der Waals surface area contributed by atoms with E-state index in [1.807, 2.05) is 43.3 Å². The molecule has 4 nitrogen and oxygen atoms in total. The molecule has 1 heterocycles. The predicted molar refractivity (Wildman–Crippen MR) is 95.9 cm³/mol. The molecule has 3 rings (SSSR count). The number of fused-ring (bicyclic) bond motifs is 1. The summed E-state index contributed by atoms with van der Waals surface area (Å²) in [6.07, 6.45) is 0. The number of nitrogens with zero attached hydrogens (tertiary/aromatic N) is 1. The Morgan fingerprint density at radius 2 is 2.09 bits per heavy atom. The molecule has 2 amide bonds. The van der Waals surface area contributed by atoms with Gasteiger partial charge in [-0.05, 0) is 36.8 Å². The third-order valence-electron chi connectivity index (χ3n) is 3.77. The van der Waals surface area contributed by atoms with Crippen LogP contribution in [-0.4, -0.2) is 24.9 Å². The second kappa shape index (κ2) is 6.54. The van der Waals surface area contributed by atoms with E-state index in [-0.39, 0.29) is 6.03 Å². The van der Waals surface area contributed by atoms with Crippen molar-refractivity contribution in [3.05, 3.63) is 48.0 Å². The number of aryl methyl sites for hydroxylation is 1. The highest BCUT2D eigenvalue weighted by molar-refractivity contribution is 8.00. The van der Waals surface area contributed by atoms with Crippen molar-refractivity contribution in [3.63, 3.8) is 0 Å². The van der Waals surface area contributed by atoms with Gasteiger partial charge < -0.3 is 10.1 Å². The summed E-state index contributed by atoms with van der Waals surface area (Å²) in [5, 5.41) is 3.34. The van der Waals surface area contributed by atoms with Gasteiger partial charge in [0.05, 0.1) is 18.5 Å². The van der Waals surface area contributed by atoms with Gasteiger partial charge in [-0.25, -0.2) is 4.79 Å². The maximum absolute atomic E-state index is 12.8. The summed E-state index contributed by atoms with van der Waals surface area (Å²) in [4.78, 5) is 15.7. The number of benzene rings is 2. The first-order valence-electron chi connectivity index (χ1n) is 7.57. The fraction of sp³-hybridized carbons (Fsp3) is 0.278. The number of thioether (sulfide) groups is 1. The van der Waals surface area contributed by atoms with Crippen LogP contribution in [0.1, 0.15) is 12.5 Å². The van der Waals surface area contributed by atoms with Crippen molar-refractivity contribution in [2.75, 3.05) is 23.9 Å². The summed E-state index contributed by atoms with van der Waals surface area (Å²) in [5.41, 5.74) is 2.73. The number of hydrogen-bond donors (Lipinski definition) is 1. The summed E-state index contributed by atoms with van der Waals surface area (Å²) in [7, 11) is 1.61. The third kappa shape index (κ3) is 3.29. The van der Waals surface area contributed by atoms with Crippen LogP contribution in [0.4, 0.5) is 16.2 Å². The fourth-order valence-electron chi connectivity index (χ4n) is 2.68. The molecule has 0 bridgehead atoms. The minimum Gasteiger partial charge on any atom is -0.495 e. The number of para-hydroxylation sites is 1. The maximum atomic E-state index is 12.8. The fourth-order valence-corrected chi connectivity index (χ4v) is 3.80. The van der Waals surface area contributed by atoms with E-state index < -0.39 is 0 Å². The molecule has 0 aromatic heterocycles. The Balaban J connectivity index is 1.88. The van der Waals surface area contributed by atoms with E-state index in [9.17, 15) is 4.79 Å². The smallest absolute Gasteiger partial charge is 0.326 e. The van der Waals surface area contributed by atoms with Crippen LogP contribution in [0, 0.1) is 6.92 Å². The number of amides is 2. The van der Waals surface area contributed by atoms with E-state index in [0.717, 1.165) is 16.1 Å². The number of urea groups is 1. The zero-order valence-corrected chi connectivity index (χ0v) is 14.3. The number of carbonyl (C=O) groups is 1. The summed E-state index contributed by atoms with van der Waals surface area (Å²) in [5.74, 6) is 0.664. The molecule has 1 N–H and O–H groups in total. The van der Waals surface area contributed by atoms with Crippen molar-refractivity contribution >= 4 is 29.2 Å². The first-order chi connectivity index (χ1) is 11.1. The van der Waals surface area contributed by atoms with Crippen LogP contribution in [0.2, 0.25) is 0 Å². The molecule has 0 unspecified atom stereocenters. The van der Waals surface area contributed by atoms with E-state index in [1.165, 1.54) is 0 Å². The second-order valence-corrected chi connectivity index (χ2v) is 7.12. The lowest BCUT2D eigenvalue weighted by molar-refractivity contribution is 0.256. The molecular weight excluding hydrogens is 308 g/mol. The van der Waals surface area contributed by atoms with Crippen LogP contribution in [0.5, 0.6) is 5.75 Å². The standard InChI is InChI=1S/C18H20N2O2S/c1-12-8-9-16(22-3)14(10-12)19-18(21)20-11-13(2)23-17-7-5-4-6-15(17)20/h4-10,13H,11H2,1-3H3,(H,19,21)/t13-/m0/s1. The highest BCUT2D eigenvalue weighted by atomic mass is 32.2. The summed E-state index contributed by atoms with van der Waals surface area (Å²) in [6.45, 7) is 4.81. The molecule has 0 fully saturated rings. The van der Waals surface area contributed by atoms with Gasteiger partial charge in [0.1, 0.15) is 5.75 Å². The van der Waals surface area contributed by atoms with Crippen LogP contribution in [0.15, 0.2) is 47.4 Å². The monoisotopic (exact) mass is 328 g/mol. The predicted octanol–water partition coefficient (Wildman–Crippen LogP) is 4.54. The topological polar surface area (TPSA) is 41.6 Å². The number of ether oxygens (including phenoxy) is 1. The van der Waals surface area contributed by atoms with Crippen molar-refractivity contribution in [1.29, 1.82) is 0 Å². The highest BCUT2D eigenvalue weighted by Crippen LogP contribution is 2.38. The molecule has 0 aliphatic carbocycles. The normalized spacial score (nSPS) is 16.7. The largest absolute Gasteiger partial charge is 0.495 e. The van der Waals surface area contributed by atoms with Crippen molar-refractivity contribution in [3.8, 4) is 5.75 Å². The molecule has 2 aromatic rings. The van der Waals surface area contributed by atoms with Crippen LogP contribution >= 0.6 is 11.8 Å². The summed E-state index contributed by atoms with van der Waals surface area (Å²) in [6, 6.07) is 13.6. The van der Waals surface area contributed by atoms with Crippen LogP contribution in [-0.2, 0) is 0 Å². The Morgan fingerprint density at radius 1 is 1.30 bits per heavy atom. The molecule has 0 saturated heterocycles. The van der Waals surface area contributed by atoms with Gasteiger partial charge in [0.25, 0.3) is 0 Å². The van der Waals surface area contributed by atoms with E-state index in [2.05, 4.69) is 18.3 Å². The molecule has 1 atom stereocenters. The van der Waals surface area contributed by atoms with E-state index >= 15 is 0 Å². The number of nitrogens with one attached hydrogen (secondary N) is 1. The Morgan fingerprint density at radius 3 is 2.87 bits per heavy atom. The first-order valence-corrected chi connectivity index (χ1v) is 8.45. The second-order valence-electron chi connectivity index (χ2n) is 5.64. The molecule has 120 valence electrons. The summed E-state index contributed by atoms with van der Waals surface area (Å²) < 4.78 is 5.34. The van der Waals surface area contributed by atoms with E-state index in [4.69, 9.17) is 4.74 Å². The Hall–Kier alpha value is -2.14. The molecule has 1 aliphatic rings. The summed E-state index contributed by atoms with van der Waals surface area (Å²) >= 11 is 1.80. The van der Waals surface area contributed by atoms with Gasteiger partial charge in [0.2, 0.25) is 0 Å². The quantitative estimate of drug-likeness (QED) is 0.880. The minimum atomic E-state index is -0.131. The maximum Gasteiger partial charge on any atom is 0.326 e. The van der Waals surface area contributed by atoms with Crippen molar-refractivity contribution in [2.24, 2.45) is 0 Å². The number of carbonyl (C=O) groups excluding carboxylic acids is 1.